The molecule has 0 N–H and O–H groups in total. The van der Waals surface area contributed by atoms with Gasteiger partial charge in [0.05, 0.1) is 0 Å². The number of hydrogen-bond donors (Lipinski definition) is 0. The first-order valence-corrected chi connectivity index (χ1v) is 17.8. The van der Waals surface area contributed by atoms with Gasteiger partial charge in [-0.05, 0) is 121 Å². The summed E-state index contributed by atoms with van der Waals surface area (Å²) in [5.74, 6) is 0. The average molecular weight is 666 g/mol. The summed E-state index contributed by atoms with van der Waals surface area (Å²) in [6.07, 6.45) is 4.28. The Morgan fingerprint density at radius 1 is 0.423 bits per heavy atom. The van der Waals surface area contributed by atoms with Gasteiger partial charge in [-0.1, -0.05) is 164 Å². The number of rotatable bonds is 8. The molecule has 0 aliphatic heterocycles. The summed E-state index contributed by atoms with van der Waals surface area (Å²) in [6.45, 7) is 6.39. The van der Waals surface area contributed by atoms with Crippen LogP contribution in [-0.4, -0.2) is 0 Å². The number of fused-ring (bicyclic) bond motifs is 1. The van der Waals surface area contributed by atoms with Crippen molar-refractivity contribution in [3.05, 3.63) is 222 Å². The Morgan fingerprint density at radius 2 is 1.00 bits per heavy atom. The molecular weight excluding hydrogens is 627 g/mol. The summed E-state index contributed by atoms with van der Waals surface area (Å²) in [4.78, 5) is 2.39. The summed E-state index contributed by atoms with van der Waals surface area (Å²) in [5.41, 5.74) is 12.6. The van der Waals surface area contributed by atoms with Crippen molar-refractivity contribution in [2.75, 3.05) is 4.90 Å². The van der Waals surface area contributed by atoms with Gasteiger partial charge >= 0.3 is 0 Å². The number of anilines is 3. The lowest BCUT2D eigenvalue weighted by molar-refractivity contribution is 1.28. The minimum absolute atomic E-state index is 1.01. The summed E-state index contributed by atoms with van der Waals surface area (Å²) in [5, 5.41) is 4.62. The lowest BCUT2D eigenvalue weighted by atomic mass is 9.96. The Labute approximate surface area is 306 Å². The molecule has 8 rings (SSSR count). The summed E-state index contributed by atoms with van der Waals surface area (Å²) in [6, 6.07) is 69.7. The highest BCUT2D eigenvalue weighted by Gasteiger charge is 2.17. The molecule has 0 saturated heterocycles. The SMILES string of the molecule is C=c1cccc/c1=C(/C=C\C)c1ccc(N(c2cccc(-c3ccc4ccccc4c3)c2)c2cc(-c3ccccc3)cc(-c3ccccc3)c2)cc1. The van der Waals surface area contributed by atoms with Crippen molar-refractivity contribution in [2.45, 2.75) is 6.92 Å². The number of hydrogen-bond acceptors (Lipinski definition) is 1. The van der Waals surface area contributed by atoms with Gasteiger partial charge in [-0.15, -0.1) is 0 Å². The Hall–Kier alpha value is -6.70. The monoisotopic (exact) mass is 665 g/mol. The first-order chi connectivity index (χ1) is 25.6. The van der Waals surface area contributed by atoms with Gasteiger partial charge in [-0.3, -0.25) is 0 Å². The molecule has 8 aromatic carbocycles. The molecule has 0 saturated carbocycles. The van der Waals surface area contributed by atoms with Crippen molar-refractivity contribution >= 4 is 40.0 Å². The molecule has 1 nitrogen and oxygen atoms in total. The lowest BCUT2D eigenvalue weighted by Gasteiger charge is -2.27. The summed E-state index contributed by atoms with van der Waals surface area (Å²) >= 11 is 0. The smallest absolute Gasteiger partial charge is 0.0473 e. The standard InChI is InChI=1S/C51H39N/c1-3-15-51(50-25-13-10-16-37(50)2)41-28-30-47(31-29-41)52(48-24-14-23-43(34-48)44-27-26-40-21-11-12-22-42(40)32-44)49-35-45(38-17-6-4-7-18-38)33-46(36-49)39-19-8-5-9-20-39/h3-36H,2H2,1H3/b15-3-,51-50+. The second-order valence-corrected chi connectivity index (χ2v) is 13.1. The van der Waals surface area contributed by atoms with Crippen molar-refractivity contribution in [2.24, 2.45) is 0 Å². The van der Waals surface area contributed by atoms with E-state index in [4.69, 9.17) is 0 Å². The van der Waals surface area contributed by atoms with Gasteiger partial charge in [-0.25, -0.2) is 0 Å². The van der Waals surface area contributed by atoms with E-state index in [2.05, 4.69) is 219 Å². The molecular formula is C51H39N. The van der Waals surface area contributed by atoms with Crippen LogP contribution < -0.4 is 15.3 Å². The molecule has 52 heavy (non-hydrogen) atoms. The fourth-order valence-corrected chi connectivity index (χ4v) is 7.06. The second-order valence-electron chi connectivity index (χ2n) is 13.1. The Balaban J connectivity index is 1.33. The van der Waals surface area contributed by atoms with Gasteiger partial charge in [0.1, 0.15) is 0 Å². The van der Waals surface area contributed by atoms with E-state index >= 15 is 0 Å². The van der Waals surface area contributed by atoms with Crippen molar-refractivity contribution in [1.82, 2.24) is 0 Å². The predicted octanol–water partition coefficient (Wildman–Crippen LogP) is 12.5. The van der Waals surface area contributed by atoms with E-state index in [9.17, 15) is 0 Å². The Kier molecular flexibility index (Phi) is 9.16. The van der Waals surface area contributed by atoms with E-state index in [0.717, 1.165) is 38.6 Å². The highest BCUT2D eigenvalue weighted by Crippen LogP contribution is 2.41. The van der Waals surface area contributed by atoms with Crippen LogP contribution in [-0.2, 0) is 0 Å². The van der Waals surface area contributed by atoms with Crippen molar-refractivity contribution in [1.29, 1.82) is 0 Å². The van der Waals surface area contributed by atoms with Gasteiger partial charge in [0, 0.05) is 17.1 Å². The van der Waals surface area contributed by atoms with Gasteiger partial charge in [-0.2, -0.15) is 0 Å². The van der Waals surface area contributed by atoms with Crippen LogP contribution in [0, 0.1) is 0 Å². The molecule has 0 unspecified atom stereocenters. The average Bonchev–Trinajstić information content (AvgIpc) is 3.21. The molecule has 0 spiro atoms. The molecule has 0 atom stereocenters. The fourth-order valence-electron chi connectivity index (χ4n) is 7.06. The van der Waals surface area contributed by atoms with Crippen LogP contribution in [0.2, 0.25) is 0 Å². The molecule has 0 bridgehead atoms. The largest absolute Gasteiger partial charge is 0.310 e. The van der Waals surface area contributed by atoms with Crippen LogP contribution in [0.15, 0.2) is 206 Å². The second kappa shape index (κ2) is 14.6. The topological polar surface area (TPSA) is 3.24 Å². The van der Waals surface area contributed by atoms with Gasteiger partial charge in [0.15, 0.2) is 0 Å². The molecule has 0 aliphatic carbocycles. The van der Waals surface area contributed by atoms with E-state index < -0.39 is 0 Å². The van der Waals surface area contributed by atoms with Crippen molar-refractivity contribution in [3.63, 3.8) is 0 Å². The minimum Gasteiger partial charge on any atom is -0.310 e. The van der Waals surface area contributed by atoms with E-state index in [1.54, 1.807) is 0 Å². The number of nitrogens with zero attached hydrogens (tertiary/aromatic N) is 1. The highest BCUT2D eigenvalue weighted by molar-refractivity contribution is 5.90. The maximum atomic E-state index is 4.33. The van der Waals surface area contributed by atoms with E-state index in [1.807, 2.05) is 6.07 Å². The van der Waals surface area contributed by atoms with Crippen LogP contribution in [0.5, 0.6) is 0 Å². The van der Waals surface area contributed by atoms with Crippen molar-refractivity contribution in [3.8, 4) is 33.4 Å². The molecule has 0 amide bonds. The summed E-state index contributed by atoms with van der Waals surface area (Å²) in [7, 11) is 0. The molecule has 0 fully saturated rings. The van der Waals surface area contributed by atoms with E-state index in [-0.39, 0.29) is 0 Å². The van der Waals surface area contributed by atoms with Crippen LogP contribution in [0.4, 0.5) is 17.1 Å². The normalized spacial score (nSPS) is 11.9. The van der Waals surface area contributed by atoms with E-state index in [0.29, 0.717) is 0 Å². The maximum Gasteiger partial charge on any atom is 0.0473 e. The summed E-state index contributed by atoms with van der Waals surface area (Å²) < 4.78 is 0. The van der Waals surface area contributed by atoms with Crippen LogP contribution in [0.3, 0.4) is 0 Å². The maximum absolute atomic E-state index is 4.33. The predicted molar refractivity (Wildman–Crippen MR) is 223 cm³/mol. The molecule has 0 radical (unpaired) electrons. The number of benzene rings is 8. The molecule has 1 heteroatoms. The van der Waals surface area contributed by atoms with Crippen LogP contribution >= 0.6 is 0 Å². The fraction of sp³-hybridized carbons (Fsp3) is 0.0196. The highest BCUT2D eigenvalue weighted by atomic mass is 15.1. The molecule has 0 aromatic heterocycles. The molecule has 248 valence electrons. The lowest BCUT2D eigenvalue weighted by Crippen LogP contribution is -2.24. The zero-order chi connectivity index (χ0) is 35.3. The third-order valence-electron chi connectivity index (χ3n) is 9.65. The van der Waals surface area contributed by atoms with Gasteiger partial charge in [0.2, 0.25) is 0 Å². The van der Waals surface area contributed by atoms with Crippen LogP contribution in [0.25, 0.3) is 56.3 Å². The zero-order valence-corrected chi connectivity index (χ0v) is 29.3. The first kappa shape index (κ1) is 32.5. The first-order valence-electron chi connectivity index (χ1n) is 17.8. The van der Waals surface area contributed by atoms with E-state index in [1.165, 1.54) is 44.2 Å². The van der Waals surface area contributed by atoms with Crippen LogP contribution in [0.1, 0.15) is 12.5 Å². The van der Waals surface area contributed by atoms with Gasteiger partial charge < -0.3 is 4.90 Å². The number of allylic oxidation sites excluding steroid dienone is 2. The minimum atomic E-state index is 1.01. The zero-order valence-electron chi connectivity index (χ0n) is 29.3. The molecule has 0 heterocycles. The third kappa shape index (κ3) is 6.73. The molecule has 8 aromatic rings. The van der Waals surface area contributed by atoms with Gasteiger partial charge in [0.25, 0.3) is 0 Å². The Bertz CT molecular complexity index is 2580. The van der Waals surface area contributed by atoms with Crippen molar-refractivity contribution < 1.29 is 0 Å². The quantitative estimate of drug-likeness (QED) is 0.156. The Morgan fingerprint density at radius 3 is 1.67 bits per heavy atom. The third-order valence-corrected chi connectivity index (χ3v) is 9.65. The molecule has 0 aliphatic rings.